The number of carbonyl (C=O) groups is 3. The van der Waals surface area contributed by atoms with Gasteiger partial charge in [-0.25, -0.2) is 4.68 Å². The molecule has 2 aliphatic heterocycles. The van der Waals surface area contributed by atoms with E-state index >= 15 is 0 Å². The van der Waals surface area contributed by atoms with Gasteiger partial charge in [0.15, 0.2) is 17.3 Å². The highest BCUT2D eigenvalue weighted by molar-refractivity contribution is 6.08. The summed E-state index contributed by atoms with van der Waals surface area (Å²) in [5.74, 6) is -0.396. The van der Waals surface area contributed by atoms with E-state index in [2.05, 4.69) is 15.6 Å². The first kappa shape index (κ1) is 27.4. The van der Waals surface area contributed by atoms with Gasteiger partial charge in [0.25, 0.3) is 0 Å². The molecule has 0 spiro atoms. The standard InChI is InChI=1S/C31H31N5O6/c1-19-9-11-21(12-10-19)30(31(39)32-16-22-6-5-13-40-22)36(26-15-28-27(41-18-42-28)14-23(26)20(2)37)29(38)17-35-25-8-4-3-7-24(25)33-34-35/h3-4,7-12,14-15,22,30H,5-6,13,16-18H2,1-2H3,(H,32,39). The van der Waals surface area contributed by atoms with Crippen LogP contribution in [-0.2, 0) is 20.9 Å². The zero-order valence-corrected chi connectivity index (χ0v) is 23.4. The summed E-state index contributed by atoms with van der Waals surface area (Å²) >= 11 is 0. The molecule has 2 atom stereocenters. The van der Waals surface area contributed by atoms with E-state index in [1.807, 2.05) is 49.4 Å². The number of nitrogens with zero attached hydrogens (tertiary/aromatic N) is 4. The maximum atomic E-state index is 14.4. The number of amides is 2. The largest absolute Gasteiger partial charge is 0.454 e. The van der Waals surface area contributed by atoms with Gasteiger partial charge < -0.3 is 19.5 Å². The van der Waals surface area contributed by atoms with Gasteiger partial charge in [-0.05, 0) is 50.5 Å². The lowest BCUT2D eigenvalue weighted by atomic mass is 9.99. The van der Waals surface area contributed by atoms with Gasteiger partial charge in [-0.1, -0.05) is 47.2 Å². The Bertz CT molecular complexity index is 1640. The highest BCUT2D eigenvalue weighted by Gasteiger charge is 2.37. The maximum absolute atomic E-state index is 14.4. The van der Waals surface area contributed by atoms with Gasteiger partial charge in [-0.3, -0.25) is 19.3 Å². The molecule has 11 heteroatoms. The number of aryl methyl sites for hydroxylation is 1. The number of fused-ring (bicyclic) bond motifs is 2. The lowest BCUT2D eigenvalue weighted by Crippen LogP contribution is -2.47. The summed E-state index contributed by atoms with van der Waals surface area (Å²) in [5, 5.41) is 11.4. The molecule has 1 N–H and O–H groups in total. The second-order valence-electron chi connectivity index (χ2n) is 10.5. The molecular weight excluding hydrogens is 538 g/mol. The summed E-state index contributed by atoms with van der Waals surface area (Å²) < 4.78 is 18.4. The Morgan fingerprint density at radius 1 is 1.07 bits per heavy atom. The molecule has 2 unspecified atom stereocenters. The molecule has 2 aliphatic rings. The summed E-state index contributed by atoms with van der Waals surface area (Å²) in [6.07, 6.45) is 1.67. The van der Waals surface area contributed by atoms with Gasteiger partial charge in [0.05, 0.1) is 17.3 Å². The topological polar surface area (TPSA) is 125 Å². The van der Waals surface area contributed by atoms with Gasteiger partial charge in [-0.2, -0.15) is 0 Å². The quantitative estimate of drug-likeness (QED) is 0.302. The minimum atomic E-state index is -1.12. The summed E-state index contributed by atoms with van der Waals surface area (Å²) in [6.45, 7) is 4.06. The number of ketones is 1. The fourth-order valence-electron chi connectivity index (χ4n) is 5.35. The normalized spacial score (nSPS) is 16.4. The summed E-state index contributed by atoms with van der Waals surface area (Å²) in [4.78, 5) is 42.9. The Labute approximate surface area is 242 Å². The molecule has 3 aromatic carbocycles. The van der Waals surface area contributed by atoms with E-state index in [9.17, 15) is 14.4 Å². The lowest BCUT2D eigenvalue weighted by Gasteiger charge is -2.33. The molecule has 0 bridgehead atoms. The molecule has 4 aromatic rings. The third-order valence-electron chi connectivity index (χ3n) is 7.53. The molecule has 0 saturated carbocycles. The van der Waals surface area contributed by atoms with Crippen LogP contribution in [-0.4, -0.2) is 58.6 Å². The van der Waals surface area contributed by atoms with Crippen LogP contribution in [0.2, 0.25) is 0 Å². The van der Waals surface area contributed by atoms with Gasteiger partial charge in [-0.15, -0.1) is 5.10 Å². The average Bonchev–Trinajstić information content (AvgIpc) is 3.76. The first-order valence-corrected chi connectivity index (χ1v) is 13.9. The Morgan fingerprint density at radius 2 is 1.83 bits per heavy atom. The van der Waals surface area contributed by atoms with Crippen molar-refractivity contribution >= 4 is 34.3 Å². The highest BCUT2D eigenvalue weighted by Crippen LogP contribution is 2.41. The van der Waals surface area contributed by atoms with Gasteiger partial charge in [0.2, 0.25) is 18.6 Å². The highest BCUT2D eigenvalue weighted by atomic mass is 16.7. The lowest BCUT2D eigenvalue weighted by molar-refractivity contribution is -0.127. The number of hydrogen-bond acceptors (Lipinski definition) is 8. The van der Waals surface area contributed by atoms with Crippen molar-refractivity contribution in [1.82, 2.24) is 20.3 Å². The van der Waals surface area contributed by atoms with Crippen LogP contribution >= 0.6 is 0 Å². The van der Waals surface area contributed by atoms with Gasteiger partial charge >= 0.3 is 0 Å². The monoisotopic (exact) mass is 569 g/mol. The third kappa shape index (κ3) is 5.42. The second-order valence-corrected chi connectivity index (χ2v) is 10.5. The zero-order valence-electron chi connectivity index (χ0n) is 23.4. The van der Waals surface area contributed by atoms with Crippen molar-refractivity contribution in [2.75, 3.05) is 24.8 Å². The van der Waals surface area contributed by atoms with Gasteiger partial charge in [0, 0.05) is 24.8 Å². The molecule has 11 nitrogen and oxygen atoms in total. The minimum Gasteiger partial charge on any atom is -0.454 e. The summed E-state index contributed by atoms with van der Waals surface area (Å²) in [5.41, 5.74) is 3.33. The molecule has 0 aliphatic carbocycles. The molecule has 42 heavy (non-hydrogen) atoms. The number of hydrogen-bond donors (Lipinski definition) is 1. The van der Waals surface area contributed by atoms with E-state index in [0.717, 1.165) is 18.4 Å². The van der Waals surface area contributed by atoms with Crippen LogP contribution in [0.5, 0.6) is 11.5 Å². The van der Waals surface area contributed by atoms with Crippen LogP contribution in [0.25, 0.3) is 11.0 Å². The molecule has 0 radical (unpaired) electrons. The number of rotatable bonds is 9. The van der Waals surface area contributed by atoms with E-state index in [1.54, 1.807) is 18.2 Å². The van der Waals surface area contributed by atoms with Crippen LogP contribution in [0.4, 0.5) is 5.69 Å². The van der Waals surface area contributed by atoms with E-state index in [-0.39, 0.29) is 36.5 Å². The van der Waals surface area contributed by atoms with E-state index in [0.29, 0.717) is 41.2 Å². The van der Waals surface area contributed by atoms with Crippen molar-refractivity contribution < 1.29 is 28.6 Å². The number of benzene rings is 3. The zero-order chi connectivity index (χ0) is 29.2. The van der Waals surface area contributed by atoms with Crippen LogP contribution < -0.4 is 19.7 Å². The predicted octanol–water partition coefficient (Wildman–Crippen LogP) is 3.74. The maximum Gasteiger partial charge on any atom is 0.249 e. The smallest absolute Gasteiger partial charge is 0.249 e. The number of Topliss-reactive ketones (excluding diaryl/α,β-unsaturated/α-hetero) is 1. The Hall–Kier alpha value is -4.77. The molecule has 3 heterocycles. The summed E-state index contributed by atoms with van der Waals surface area (Å²) in [6, 6.07) is 16.7. The fourth-order valence-corrected chi connectivity index (χ4v) is 5.35. The number of para-hydroxylation sites is 1. The van der Waals surface area contributed by atoms with Crippen molar-refractivity contribution in [1.29, 1.82) is 0 Å². The molecule has 216 valence electrons. The number of ether oxygens (including phenoxy) is 3. The molecule has 1 saturated heterocycles. The molecular formula is C31H31N5O6. The number of carbonyl (C=O) groups excluding carboxylic acids is 3. The van der Waals surface area contributed by atoms with Crippen molar-refractivity contribution in [2.45, 2.75) is 45.4 Å². The average molecular weight is 570 g/mol. The van der Waals surface area contributed by atoms with Crippen molar-refractivity contribution in [3.63, 3.8) is 0 Å². The molecule has 1 fully saturated rings. The number of nitrogens with one attached hydrogen (secondary N) is 1. The van der Waals surface area contributed by atoms with E-state index in [1.165, 1.54) is 16.5 Å². The Kier molecular flexibility index (Phi) is 7.58. The number of aromatic nitrogens is 3. The van der Waals surface area contributed by atoms with Crippen LogP contribution in [0, 0.1) is 6.92 Å². The van der Waals surface area contributed by atoms with E-state index in [4.69, 9.17) is 14.2 Å². The van der Waals surface area contributed by atoms with Crippen LogP contribution in [0.15, 0.2) is 60.7 Å². The third-order valence-corrected chi connectivity index (χ3v) is 7.53. The number of anilines is 1. The van der Waals surface area contributed by atoms with Crippen molar-refractivity contribution in [3.8, 4) is 11.5 Å². The van der Waals surface area contributed by atoms with E-state index < -0.39 is 17.9 Å². The minimum absolute atomic E-state index is 0.0156. The van der Waals surface area contributed by atoms with Crippen LogP contribution in [0.1, 0.15) is 47.3 Å². The van der Waals surface area contributed by atoms with Crippen LogP contribution in [0.3, 0.4) is 0 Å². The molecule has 2 amide bonds. The Balaban J connectivity index is 1.47. The summed E-state index contributed by atoms with van der Waals surface area (Å²) in [7, 11) is 0. The SMILES string of the molecule is CC(=O)c1cc2c(cc1N(C(=O)Cn1nnc3ccccc31)C(C(=O)NCC1CCCO1)c1ccc(C)cc1)OCO2. The Morgan fingerprint density at radius 3 is 2.57 bits per heavy atom. The van der Waals surface area contributed by atoms with Crippen molar-refractivity contribution in [2.24, 2.45) is 0 Å². The second kappa shape index (κ2) is 11.6. The first-order chi connectivity index (χ1) is 20.4. The molecule has 1 aromatic heterocycles. The first-order valence-electron chi connectivity index (χ1n) is 13.9. The van der Waals surface area contributed by atoms with Crippen molar-refractivity contribution in [3.05, 3.63) is 77.4 Å². The fraction of sp³-hybridized carbons (Fsp3) is 0.323. The predicted molar refractivity (Wildman–Crippen MR) is 153 cm³/mol. The molecule has 6 rings (SSSR count). The van der Waals surface area contributed by atoms with Gasteiger partial charge in [0.1, 0.15) is 18.1 Å².